The van der Waals surface area contributed by atoms with Crippen LogP contribution in [-0.4, -0.2) is 50.3 Å². The summed E-state index contributed by atoms with van der Waals surface area (Å²) in [5.41, 5.74) is 0. The second-order valence-corrected chi connectivity index (χ2v) is 5.19. The number of hydrogen-bond acceptors (Lipinski definition) is 3. The van der Waals surface area contributed by atoms with Gasteiger partial charge in [-0.05, 0) is 26.3 Å². The van der Waals surface area contributed by atoms with Crippen LogP contribution in [0.1, 0.15) is 27.2 Å². The Kier molecular flexibility index (Phi) is 5.03. The van der Waals surface area contributed by atoms with Crippen molar-refractivity contribution in [2.24, 2.45) is 5.92 Å². The molecular weight excluding hydrogens is 188 g/mol. The SMILES string of the molecule is COCC(NC1CC(C)N(C)C1)C(C)C. The van der Waals surface area contributed by atoms with E-state index in [2.05, 4.69) is 38.0 Å². The highest BCUT2D eigenvalue weighted by molar-refractivity contribution is 4.87. The van der Waals surface area contributed by atoms with E-state index in [0.29, 0.717) is 24.0 Å². The highest BCUT2D eigenvalue weighted by Crippen LogP contribution is 2.16. The molecule has 3 heteroatoms. The molecule has 1 N–H and O–H groups in total. The first-order valence-electron chi connectivity index (χ1n) is 5.99. The minimum atomic E-state index is 0.485. The van der Waals surface area contributed by atoms with Gasteiger partial charge in [-0.3, -0.25) is 0 Å². The molecule has 0 saturated carbocycles. The van der Waals surface area contributed by atoms with Crippen molar-refractivity contribution in [3.8, 4) is 0 Å². The van der Waals surface area contributed by atoms with Crippen LogP contribution >= 0.6 is 0 Å². The van der Waals surface area contributed by atoms with Crippen molar-refractivity contribution in [1.29, 1.82) is 0 Å². The third-order valence-corrected chi connectivity index (χ3v) is 3.49. The molecule has 0 aromatic rings. The third kappa shape index (κ3) is 3.74. The molecule has 15 heavy (non-hydrogen) atoms. The Balaban J connectivity index is 2.38. The number of methoxy groups -OCH3 is 1. The minimum Gasteiger partial charge on any atom is -0.383 e. The molecule has 1 fully saturated rings. The number of likely N-dealkylation sites (N-methyl/N-ethyl adjacent to an activating group) is 1. The van der Waals surface area contributed by atoms with E-state index in [9.17, 15) is 0 Å². The number of likely N-dealkylation sites (tertiary alicyclic amines) is 1. The van der Waals surface area contributed by atoms with Crippen molar-refractivity contribution in [3.63, 3.8) is 0 Å². The van der Waals surface area contributed by atoms with Crippen molar-refractivity contribution >= 4 is 0 Å². The van der Waals surface area contributed by atoms with E-state index in [-0.39, 0.29) is 0 Å². The second kappa shape index (κ2) is 5.83. The van der Waals surface area contributed by atoms with Crippen LogP contribution in [-0.2, 0) is 4.74 Å². The van der Waals surface area contributed by atoms with Gasteiger partial charge in [0.2, 0.25) is 0 Å². The third-order valence-electron chi connectivity index (χ3n) is 3.49. The Morgan fingerprint density at radius 2 is 2.13 bits per heavy atom. The molecule has 0 amide bonds. The number of hydrogen-bond donors (Lipinski definition) is 1. The zero-order valence-corrected chi connectivity index (χ0v) is 10.8. The molecule has 0 aromatic carbocycles. The van der Waals surface area contributed by atoms with Gasteiger partial charge in [0.25, 0.3) is 0 Å². The van der Waals surface area contributed by atoms with E-state index >= 15 is 0 Å². The Morgan fingerprint density at radius 3 is 2.53 bits per heavy atom. The summed E-state index contributed by atoms with van der Waals surface area (Å²) in [6.45, 7) is 8.76. The second-order valence-electron chi connectivity index (χ2n) is 5.19. The maximum atomic E-state index is 5.25. The van der Waals surface area contributed by atoms with Crippen LogP contribution in [0.5, 0.6) is 0 Å². The number of ether oxygens (including phenoxy) is 1. The van der Waals surface area contributed by atoms with E-state index in [0.717, 1.165) is 13.2 Å². The molecule has 3 unspecified atom stereocenters. The molecule has 0 radical (unpaired) electrons. The molecule has 0 aliphatic carbocycles. The summed E-state index contributed by atoms with van der Waals surface area (Å²) in [6, 6.07) is 1.82. The normalized spacial score (nSPS) is 30.0. The average molecular weight is 214 g/mol. The van der Waals surface area contributed by atoms with Crippen LogP contribution in [0.25, 0.3) is 0 Å². The maximum absolute atomic E-state index is 5.25. The molecule has 1 aliphatic rings. The van der Waals surface area contributed by atoms with E-state index in [1.165, 1.54) is 6.42 Å². The van der Waals surface area contributed by atoms with Crippen molar-refractivity contribution in [2.45, 2.75) is 45.3 Å². The van der Waals surface area contributed by atoms with Crippen LogP contribution in [0.2, 0.25) is 0 Å². The fraction of sp³-hybridized carbons (Fsp3) is 1.00. The Bertz CT molecular complexity index is 174. The average Bonchev–Trinajstić information content (AvgIpc) is 2.45. The standard InChI is InChI=1S/C12H26N2O/c1-9(2)12(8-15-5)13-11-6-10(3)14(4)7-11/h9-13H,6-8H2,1-5H3. The van der Waals surface area contributed by atoms with Gasteiger partial charge >= 0.3 is 0 Å². The number of rotatable bonds is 5. The first-order chi connectivity index (χ1) is 7.04. The topological polar surface area (TPSA) is 24.5 Å². The fourth-order valence-electron chi connectivity index (χ4n) is 2.23. The van der Waals surface area contributed by atoms with E-state index < -0.39 is 0 Å². The van der Waals surface area contributed by atoms with Crippen LogP contribution in [0.4, 0.5) is 0 Å². The van der Waals surface area contributed by atoms with E-state index in [1.807, 2.05) is 0 Å². The van der Waals surface area contributed by atoms with Crippen LogP contribution in [0.3, 0.4) is 0 Å². The van der Waals surface area contributed by atoms with Gasteiger partial charge in [-0.1, -0.05) is 13.8 Å². The lowest BCUT2D eigenvalue weighted by atomic mass is 10.0. The lowest BCUT2D eigenvalue weighted by Gasteiger charge is -2.25. The van der Waals surface area contributed by atoms with Gasteiger partial charge in [0.05, 0.1) is 6.61 Å². The molecule has 1 heterocycles. The van der Waals surface area contributed by atoms with Crippen molar-refractivity contribution < 1.29 is 4.74 Å². The summed E-state index contributed by atoms with van der Waals surface area (Å²) in [7, 11) is 3.98. The number of nitrogens with one attached hydrogen (secondary N) is 1. The van der Waals surface area contributed by atoms with E-state index in [1.54, 1.807) is 7.11 Å². The zero-order valence-electron chi connectivity index (χ0n) is 10.8. The van der Waals surface area contributed by atoms with Gasteiger partial charge in [-0.15, -0.1) is 0 Å². The Labute approximate surface area is 94.2 Å². The highest BCUT2D eigenvalue weighted by Gasteiger charge is 2.28. The fourth-order valence-corrected chi connectivity index (χ4v) is 2.23. The quantitative estimate of drug-likeness (QED) is 0.747. The van der Waals surface area contributed by atoms with Crippen molar-refractivity contribution in [2.75, 3.05) is 27.3 Å². The molecule has 3 atom stereocenters. The zero-order chi connectivity index (χ0) is 11.4. The predicted octanol–water partition coefficient (Wildman–Crippen LogP) is 1.34. The largest absolute Gasteiger partial charge is 0.383 e. The summed E-state index contributed by atoms with van der Waals surface area (Å²) in [5, 5.41) is 3.71. The Hall–Kier alpha value is -0.120. The molecule has 1 aliphatic heterocycles. The monoisotopic (exact) mass is 214 g/mol. The van der Waals surface area contributed by atoms with Gasteiger partial charge < -0.3 is 15.0 Å². The van der Waals surface area contributed by atoms with Crippen LogP contribution in [0, 0.1) is 5.92 Å². The highest BCUT2D eigenvalue weighted by atomic mass is 16.5. The first-order valence-corrected chi connectivity index (χ1v) is 5.99. The smallest absolute Gasteiger partial charge is 0.0618 e. The first kappa shape index (κ1) is 12.9. The summed E-state index contributed by atoms with van der Waals surface area (Å²) < 4.78 is 5.25. The molecular formula is C12H26N2O. The van der Waals surface area contributed by atoms with Gasteiger partial charge in [0.1, 0.15) is 0 Å². The van der Waals surface area contributed by atoms with Gasteiger partial charge in [0.15, 0.2) is 0 Å². The molecule has 1 rings (SSSR count). The lowest BCUT2D eigenvalue weighted by molar-refractivity contribution is 0.140. The summed E-state index contributed by atoms with van der Waals surface area (Å²) in [5.74, 6) is 0.631. The number of nitrogens with zero attached hydrogens (tertiary/aromatic N) is 1. The Morgan fingerprint density at radius 1 is 1.47 bits per heavy atom. The summed E-state index contributed by atoms with van der Waals surface area (Å²) in [4.78, 5) is 2.42. The lowest BCUT2D eigenvalue weighted by Crippen LogP contribution is -2.45. The maximum Gasteiger partial charge on any atom is 0.0618 e. The van der Waals surface area contributed by atoms with Crippen molar-refractivity contribution in [1.82, 2.24) is 10.2 Å². The van der Waals surface area contributed by atoms with Gasteiger partial charge in [0, 0.05) is 31.8 Å². The summed E-state index contributed by atoms with van der Waals surface area (Å²) >= 11 is 0. The van der Waals surface area contributed by atoms with Gasteiger partial charge in [-0.2, -0.15) is 0 Å². The van der Waals surface area contributed by atoms with Crippen molar-refractivity contribution in [3.05, 3.63) is 0 Å². The molecule has 1 saturated heterocycles. The molecule has 0 spiro atoms. The minimum absolute atomic E-state index is 0.485. The molecule has 3 nitrogen and oxygen atoms in total. The molecule has 90 valence electrons. The van der Waals surface area contributed by atoms with Gasteiger partial charge in [-0.25, -0.2) is 0 Å². The molecule has 0 aromatic heterocycles. The van der Waals surface area contributed by atoms with Crippen LogP contribution in [0.15, 0.2) is 0 Å². The van der Waals surface area contributed by atoms with Crippen LogP contribution < -0.4 is 5.32 Å². The predicted molar refractivity (Wildman–Crippen MR) is 64.1 cm³/mol. The van der Waals surface area contributed by atoms with E-state index in [4.69, 9.17) is 4.74 Å². The molecule has 0 bridgehead atoms. The summed E-state index contributed by atoms with van der Waals surface area (Å²) in [6.07, 6.45) is 1.25.